The van der Waals surface area contributed by atoms with Crippen LogP contribution in [0.15, 0.2) is 0 Å². The molecule has 0 amide bonds. The third kappa shape index (κ3) is 2.97. The van der Waals surface area contributed by atoms with Crippen LogP contribution in [-0.4, -0.2) is 68.3 Å². The lowest BCUT2D eigenvalue weighted by atomic mass is 9.67. The van der Waals surface area contributed by atoms with Crippen molar-refractivity contribution < 1.29 is 41.1 Å². The molecule has 0 N–H and O–H groups in total. The molecule has 3 rings (SSSR count). The lowest BCUT2D eigenvalue weighted by molar-refractivity contribution is -0.190. The van der Waals surface area contributed by atoms with E-state index in [2.05, 4.69) is 0 Å². The minimum Gasteiger partial charge on any atom is -0.462 e. The molecular weight excluding hydrogens is 380 g/mol. The van der Waals surface area contributed by atoms with Gasteiger partial charge in [-0.3, -0.25) is 8.98 Å². The Morgan fingerprint density at radius 1 is 1.15 bits per heavy atom. The predicted molar refractivity (Wildman–Crippen MR) is 91.2 cm³/mol. The second-order valence-electron chi connectivity index (χ2n) is 8.06. The summed E-state index contributed by atoms with van der Waals surface area (Å²) in [4.78, 5) is 23.3. The smallest absolute Gasteiger partial charge is 0.332 e. The third-order valence-electron chi connectivity index (χ3n) is 6.02. The van der Waals surface area contributed by atoms with Gasteiger partial charge < -0.3 is 18.9 Å². The Kier molecular flexibility index (Phi) is 4.86. The number of ether oxygens (including phenoxy) is 4. The van der Waals surface area contributed by atoms with E-state index < -0.39 is 50.9 Å². The largest absolute Gasteiger partial charge is 0.462 e. The molecule has 3 saturated heterocycles. The van der Waals surface area contributed by atoms with Gasteiger partial charge in [-0.05, 0) is 20.8 Å². The van der Waals surface area contributed by atoms with Gasteiger partial charge in [0.25, 0.3) is 10.1 Å². The summed E-state index contributed by atoms with van der Waals surface area (Å²) >= 11 is 0. The Balaban J connectivity index is 1.57. The van der Waals surface area contributed by atoms with Gasteiger partial charge in [-0.1, -0.05) is 13.8 Å². The second kappa shape index (κ2) is 6.40. The average Bonchev–Trinajstić information content (AvgIpc) is 3.07. The van der Waals surface area contributed by atoms with Crippen molar-refractivity contribution in [3.05, 3.63) is 0 Å². The maximum atomic E-state index is 12.2. The lowest BCUT2D eigenvalue weighted by Gasteiger charge is -2.45. The maximum absolute atomic E-state index is 12.2. The lowest BCUT2D eigenvalue weighted by Crippen LogP contribution is -2.64. The first-order valence-electron chi connectivity index (χ1n) is 8.95. The summed E-state index contributed by atoms with van der Waals surface area (Å²) in [6.45, 7) is 7.99. The Morgan fingerprint density at radius 3 is 2.41 bits per heavy atom. The summed E-state index contributed by atoms with van der Waals surface area (Å²) in [5, 5.41) is -0.716. The molecule has 0 aromatic rings. The van der Waals surface area contributed by atoms with Crippen molar-refractivity contribution in [2.45, 2.75) is 69.2 Å². The van der Waals surface area contributed by atoms with Crippen LogP contribution >= 0.6 is 0 Å². The van der Waals surface area contributed by atoms with E-state index in [-0.39, 0.29) is 31.5 Å². The molecule has 3 aliphatic heterocycles. The number of rotatable bonds is 7. The molecule has 10 heteroatoms. The first kappa shape index (κ1) is 20.5. The van der Waals surface area contributed by atoms with Gasteiger partial charge in [0.05, 0.1) is 11.5 Å². The molecule has 154 valence electrons. The van der Waals surface area contributed by atoms with Gasteiger partial charge in [0.1, 0.15) is 42.4 Å². The highest BCUT2D eigenvalue weighted by molar-refractivity contribution is 7.87. The highest BCUT2D eigenvalue weighted by Gasteiger charge is 2.82. The Hall–Kier alpha value is -1.23. The highest BCUT2D eigenvalue weighted by atomic mass is 32.2. The van der Waals surface area contributed by atoms with Crippen molar-refractivity contribution in [3.8, 4) is 0 Å². The van der Waals surface area contributed by atoms with Crippen molar-refractivity contribution in [1.29, 1.82) is 0 Å². The predicted octanol–water partition coefficient (Wildman–Crippen LogP) is 0.553. The van der Waals surface area contributed by atoms with Gasteiger partial charge in [-0.15, -0.1) is 0 Å². The van der Waals surface area contributed by atoms with Gasteiger partial charge in [0.15, 0.2) is 0 Å². The molecule has 0 aromatic heterocycles. The van der Waals surface area contributed by atoms with E-state index in [1.807, 2.05) is 0 Å². The summed E-state index contributed by atoms with van der Waals surface area (Å²) in [6.07, 6.45) is -0.393. The molecule has 27 heavy (non-hydrogen) atoms. The van der Waals surface area contributed by atoms with Gasteiger partial charge in [-0.2, -0.15) is 8.42 Å². The zero-order valence-corrected chi connectivity index (χ0v) is 17.0. The Morgan fingerprint density at radius 2 is 1.78 bits per heavy atom. The van der Waals surface area contributed by atoms with E-state index in [1.54, 1.807) is 34.6 Å². The molecule has 2 bridgehead atoms. The van der Waals surface area contributed by atoms with Crippen LogP contribution in [0.4, 0.5) is 0 Å². The molecule has 5 unspecified atom stereocenters. The normalized spacial score (nSPS) is 41.1. The van der Waals surface area contributed by atoms with Crippen LogP contribution in [-0.2, 0) is 42.8 Å². The minimum absolute atomic E-state index is 0.0380. The SMILES string of the molecule is CC(C)C(=O)OCCOC(=O)COC1(C)C2(C)CC3C(O2)C1(C)OS3(=O)=O. The topological polar surface area (TPSA) is 114 Å². The molecule has 0 aromatic carbocycles. The number of fused-ring (bicyclic) bond motifs is 1. The summed E-state index contributed by atoms with van der Waals surface area (Å²) in [7, 11) is -3.74. The molecule has 3 heterocycles. The van der Waals surface area contributed by atoms with Crippen LogP contribution in [0.2, 0.25) is 0 Å². The number of carbonyl (C=O) groups excluding carboxylic acids is 2. The van der Waals surface area contributed by atoms with Crippen LogP contribution in [0, 0.1) is 5.92 Å². The third-order valence-corrected chi connectivity index (χ3v) is 7.75. The van der Waals surface area contributed by atoms with E-state index in [1.165, 1.54) is 0 Å². The first-order valence-corrected chi connectivity index (χ1v) is 10.4. The fourth-order valence-corrected chi connectivity index (χ4v) is 6.16. The van der Waals surface area contributed by atoms with Crippen LogP contribution in [0.5, 0.6) is 0 Å². The second-order valence-corrected chi connectivity index (χ2v) is 9.82. The first-order chi connectivity index (χ1) is 12.4. The molecule has 5 atom stereocenters. The molecule has 3 fully saturated rings. The molecule has 0 saturated carbocycles. The quantitative estimate of drug-likeness (QED) is 0.340. The van der Waals surface area contributed by atoms with E-state index >= 15 is 0 Å². The molecule has 3 aliphatic rings. The zero-order chi connectivity index (χ0) is 20.3. The molecule has 0 aliphatic carbocycles. The number of esters is 2. The van der Waals surface area contributed by atoms with E-state index in [9.17, 15) is 18.0 Å². The van der Waals surface area contributed by atoms with Crippen LogP contribution in [0.3, 0.4) is 0 Å². The Labute approximate surface area is 158 Å². The van der Waals surface area contributed by atoms with Crippen LogP contribution < -0.4 is 0 Å². The van der Waals surface area contributed by atoms with Gasteiger partial charge in [-0.25, -0.2) is 4.79 Å². The van der Waals surface area contributed by atoms with Crippen LogP contribution in [0.1, 0.15) is 41.0 Å². The number of hydrogen-bond donors (Lipinski definition) is 0. The minimum atomic E-state index is -3.74. The average molecular weight is 406 g/mol. The molecular formula is C17H26O9S. The van der Waals surface area contributed by atoms with Gasteiger partial charge in [0.2, 0.25) is 0 Å². The monoisotopic (exact) mass is 406 g/mol. The molecule has 0 spiro atoms. The zero-order valence-electron chi connectivity index (χ0n) is 16.1. The van der Waals surface area contributed by atoms with Crippen molar-refractivity contribution in [2.75, 3.05) is 19.8 Å². The van der Waals surface area contributed by atoms with Crippen LogP contribution in [0.25, 0.3) is 0 Å². The van der Waals surface area contributed by atoms with E-state index in [0.29, 0.717) is 0 Å². The van der Waals surface area contributed by atoms with Crippen molar-refractivity contribution in [1.82, 2.24) is 0 Å². The fraction of sp³-hybridized carbons (Fsp3) is 0.882. The maximum Gasteiger partial charge on any atom is 0.332 e. The van der Waals surface area contributed by atoms with Crippen molar-refractivity contribution in [3.63, 3.8) is 0 Å². The van der Waals surface area contributed by atoms with E-state index in [0.717, 1.165) is 0 Å². The summed E-state index contributed by atoms with van der Waals surface area (Å²) in [6, 6.07) is 0. The summed E-state index contributed by atoms with van der Waals surface area (Å²) < 4.78 is 51.6. The molecule has 0 radical (unpaired) electrons. The van der Waals surface area contributed by atoms with Gasteiger partial charge in [0, 0.05) is 6.42 Å². The highest BCUT2D eigenvalue weighted by Crippen LogP contribution is 2.64. The molecule has 9 nitrogen and oxygen atoms in total. The standard InChI is InChI=1S/C17H26O9S/c1-10(2)14(19)23-7-6-22-12(18)9-24-17(5)15(3)8-11-13(25-15)16(17,4)26-27(11,20)21/h10-11,13H,6-9H2,1-5H3. The Bertz CT molecular complexity index is 748. The van der Waals surface area contributed by atoms with Crippen molar-refractivity contribution in [2.24, 2.45) is 5.92 Å². The summed E-state index contributed by atoms with van der Waals surface area (Å²) in [5.41, 5.74) is -3.25. The number of carbonyl (C=O) groups is 2. The summed E-state index contributed by atoms with van der Waals surface area (Å²) in [5.74, 6) is -1.28. The number of hydrogen-bond acceptors (Lipinski definition) is 9. The fourth-order valence-electron chi connectivity index (χ4n) is 4.15. The van der Waals surface area contributed by atoms with E-state index in [4.69, 9.17) is 23.1 Å². The van der Waals surface area contributed by atoms with Crippen molar-refractivity contribution >= 4 is 22.1 Å². The van der Waals surface area contributed by atoms with Gasteiger partial charge >= 0.3 is 11.9 Å².